The Morgan fingerprint density at radius 2 is 1.90 bits per heavy atom. The highest BCUT2D eigenvalue weighted by Crippen LogP contribution is 2.18. The minimum absolute atomic E-state index is 0.697. The van der Waals surface area contributed by atoms with E-state index in [2.05, 4.69) is 55.3 Å². The zero-order valence-electron chi connectivity index (χ0n) is 13.5. The van der Waals surface area contributed by atoms with Gasteiger partial charge in [0.2, 0.25) is 0 Å². The summed E-state index contributed by atoms with van der Waals surface area (Å²) in [5.41, 5.74) is 3.73. The molecule has 0 heterocycles. The minimum atomic E-state index is 0.697. The average Bonchev–Trinajstić information content (AvgIpc) is 2.52. The second-order valence-electron chi connectivity index (χ2n) is 4.58. The van der Waals surface area contributed by atoms with Crippen molar-refractivity contribution in [3.8, 4) is 5.75 Å². The molecule has 112 valence electrons. The third-order valence-electron chi connectivity index (χ3n) is 3.18. The van der Waals surface area contributed by atoms with Crippen molar-refractivity contribution in [3.05, 3.63) is 59.2 Å². The van der Waals surface area contributed by atoms with Crippen molar-refractivity contribution in [1.82, 2.24) is 0 Å². The Labute approximate surface area is 128 Å². The highest BCUT2D eigenvalue weighted by molar-refractivity contribution is 5.71. The van der Waals surface area contributed by atoms with Crippen LogP contribution in [0.1, 0.15) is 32.8 Å². The summed E-state index contributed by atoms with van der Waals surface area (Å²) in [7, 11) is 1.91. The molecular formula is C19H26NO+. The number of allylic oxidation sites excluding steroid dienone is 5. The van der Waals surface area contributed by atoms with Gasteiger partial charge in [-0.05, 0) is 49.1 Å². The lowest BCUT2D eigenvalue weighted by molar-refractivity contribution is -0.413. The fourth-order valence-electron chi connectivity index (χ4n) is 2.05. The van der Waals surface area contributed by atoms with Crippen LogP contribution in [0.3, 0.4) is 0 Å². The summed E-state index contributed by atoms with van der Waals surface area (Å²) in [6.07, 6.45) is 11.5. The van der Waals surface area contributed by atoms with Crippen molar-refractivity contribution in [2.45, 2.75) is 27.2 Å². The Bertz CT molecular complexity index is 533. The van der Waals surface area contributed by atoms with Gasteiger partial charge in [-0.2, -0.15) is 0 Å². The van der Waals surface area contributed by atoms with Crippen LogP contribution in [0.25, 0.3) is 6.08 Å². The normalized spacial score (nSPS) is 13.3. The molecule has 0 atom stereocenters. The van der Waals surface area contributed by atoms with E-state index in [0.29, 0.717) is 6.61 Å². The van der Waals surface area contributed by atoms with Crippen molar-refractivity contribution < 1.29 is 9.73 Å². The SMILES string of the molecule is C\C=C(CC)/C(=C\C=[NH+]C)/C=C/c1ccc(OCC)cc1. The van der Waals surface area contributed by atoms with E-state index in [1.54, 1.807) is 0 Å². The monoisotopic (exact) mass is 284 g/mol. The summed E-state index contributed by atoms with van der Waals surface area (Å²) in [4.78, 5) is 3.04. The van der Waals surface area contributed by atoms with Gasteiger partial charge in [0.15, 0.2) is 6.21 Å². The lowest BCUT2D eigenvalue weighted by atomic mass is 10.0. The lowest BCUT2D eigenvalue weighted by Crippen LogP contribution is -2.62. The molecule has 0 aliphatic carbocycles. The molecule has 0 aliphatic rings. The zero-order chi connectivity index (χ0) is 15.5. The highest BCUT2D eigenvalue weighted by atomic mass is 16.5. The first-order valence-electron chi connectivity index (χ1n) is 7.52. The van der Waals surface area contributed by atoms with Crippen molar-refractivity contribution >= 4 is 12.3 Å². The largest absolute Gasteiger partial charge is 0.494 e. The van der Waals surface area contributed by atoms with Crippen LogP contribution in [-0.2, 0) is 0 Å². The van der Waals surface area contributed by atoms with Crippen molar-refractivity contribution in [3.63, 3.8) is 0 Å². The van der Waals surface area contributed by atoms with Gasteiger partial charge in [0.1, 0.15) is 12.8 Å². The number of hydrogen-bond acceptors (Lipinski definition) is 1. The predicted octanol–water partition coefficient (Wildman–Crippen LogP) is 3.16. The Morgan fingerprint density at radius 1 is 1.19 bits per heavy atom. The standard InChI is InChI=1S/C19H25NO/c1-5-17(6-2)18(14-15-20-4)11-8-16-9-12-19(13-10-16)21-7-3/h5,8-15H,6-7H2,1-4H3/p+1/b11-8+,17-5-,18-14-,20-15?. The molecule has 0 bridgehead atoms. The maximum absolute atomic E-state index is 5.45. The Hall–Kier alpha value is -2.09. The van der Waals surface area contributed by atoms with Crippen LogP contribution in [0.2, 0.25) is 0 Å². The molecule has 0 saturated carbocycles. The number of benzene rings is 1. The lowest BCUT2D eigenvalue weighted by Gasteiger charge is -2.05. The van der Waals surface area contributed by atoms with Gasteiger partial charge in [-0.3, -0.25) is 4.99 Å². The Morgan fingerprint density at radius 3 is 2.43 bits per heavy atom. The number of hydrogen-bond donors (Lipinski definition) is 1. The van der Waals surface area contributed by atoms with E-state index >= 15 is 0 Å². The number of ether oxygens (including phenoxy) is 1. The van der Waals surface area contributed by atoms with E-state index in [9.17, 15) is 0 Å². The van der Waals surface area contributed by atoms with Gasteiger partial charge >= 0.3 is 0 Å². The van der Waals surface area contributed by atoms with Crippen LogP contribution in [-0.4, -0.2) is 19.9 Å². The first-order valence-corrected chi connectivity index (χ1v) is 7.52. The van der Waals surface area contributed by atoms with E-state index in [0.717, 1.165) is 12.2 Å². The van der Waals surface area contributed by atoms with E-state index in [1.807, 2.05) is 32.3 Å². The summed E-state index contributed by atoms with van der Waals surface area (Å²) in [6, 6.07) is 8.15. The summed E-state index contributed by atoms with van der Waals surface area (Å²) in [5.74, 6) is 0.914. The summed E-state index contributed by atoms with van der Waals surface area (Å²) < 4.78 is 5.45. The average molecular weight is 284 g/mol. The van der Waals surface area contributed by atoms with Gasteiger partial charge in [0.25, 0.3) is 0 Å². The molecule has 1 aromatic carbocycles. The Kier molecular flexibility index (Phi) is 7.88. The predicted molar refractivity (Wildman–Crippen MR) is 91.7 cm³/mol. The van der Waals surface area contributed by atoms with Gasteiger partial charge in [0, 0.05) is 6.08 Å². The van der Waals surface area contributed by atoms with Crippen molar-refractivity contribution in [2.75, 3.05) is 13.7 Å². The first-order chi connectivity index (χ1) is 10.2. The summed E-state index contributed by atoms with van der Waals surface area (Å²) in [5, 5.41) is 0. The van der Waals surface area contributed by atoms with Crippen LogP contribution in [0, 0.1) is 0 Å². The van der Waals surface area contributed by atoms with E-state index in [1.165, 1.54) is 16.7 Å². The van der Waals surface area contributed by atoms with Crippen LogP contribution in [0.5, 0.6) is 5.75 Å². The van der Waals surface area contributed by atoms with Gasteiger partial charge in [-0.1, -0.05) is 37.3 Å². The van der Waals surface area contributed by atoms with Gasteiger partial charge in [0.05, 0.1) is 6.61 Å². The van der Waals surface area contributed by atoms with Crippen LogP contribution in [0.4, 0.5) is 0 Å². The summed E-state index contributed by atoms with van der Waals surface area (Å²) >= 11 is 0. The second-order valence-corrected chi connectivity index (χ2v) is 4.58. The smallest absolute Gasteiger partial charge is 0.162 e. The fourth-order valence-corrected chi connectivity index (χ4v) is 2.05. The highest BCUT2D eigenvalue weighted by Gasteiger charge is 1.99. The number of nitrogens with one attached hydrogen (secondary N) is 1. The summed E-state index contributed by atoms with van der Waals surface area (Å²) in [6.45, 7) is 6.94. The molecule has 21 heavy (non-hydrogen) atoms. The molecule has 2 heteroatoms. The molecule has 0 aliphatic heterocycles. The maximum atomic E-state index is 5.45. The maximum Gasteiger partial charge on any atom is 0.162 e. The van der Waals surface area contributed by atoms with Crippen LogP contribution < -0.4 is 9.73 Å². The molecule has 0 spiro atoms. The van der Waals surface area contributed by atoms with Gasteiger partial charge in [-0.25, -0.2) is 0 Å². The molecule has 2 nitrogen and oxygen atoms in total. The van der Waals surface area contributed by atoms with E-state index < -0.39 is 0 Å². The van der Waals surface area contributed by atoms with Crippen LogP contribution >= 0.6 is 0 Å². The van der Waals surface area contributed by atoms with Crippen molar-refractivity contribution in [1.29, 1.82) is 0 Å². The van der Waals surface area contributed by atoms with Crippen molar-refractivity contribution in [2.24, 2.45) is 0 Å². The molecule has 0 fully saturated rings. The molecule has 1 N–H and O–H groups in total. The van der Waals surface area contributed by atoms with E-state index in [4.69, 9.17) is 4.74 Å². The second kappa shape index (κ2) is 9.76. The molecule has 1 aromatic rings. The molecule has 1 rings (SSSR count). The van der Waals surface area contributed by atoms with E-state index in [-0.39, 0.29) is 0 Å². The van der Waals surface area contributed by atoms with Gasteiger partial charge in [-0.15, -0.1) is 0 Å². The fraction of sp³-hybridized carbons (Fsp3) is 0.316. The number of rotatable bonds is 7. The molecular weight excluding hydrogens is 258 g/mol. The van der Waals surface area contributed by atoms with Gasteiger partial charge < -0.3 is 4.74 Å². The molecule has 0 aromatic heterocycles. The molecule has 0 unspecified atom stereocenters. The topological polar surface area (TPSA) is 23.2 Å². The minimum Gasteiger partial charge on any atom is -0.494 e. The Balaban J connectivity index is 2.92. The molecule has 0 radical (unpaired) electrons. The molecule has 0 saturated heterocycles. The third-order valence-corrected chi connectivity index (χ3v) is 3.18. The quantitative estimate of drug-likeness (QED) is 0.603. The van der Waals surface area contributed by atoms with Crippen LogP contribution in [0.15, 0.2) is 53.6 Å². The first kappa shape index (κ1) is 17.0. The third kappa shape index (κ3) is 5.82. The molecule has 0 amide bonds. The zero-order valence-corrected chi connectivity index (χ0v) is 13.5.